The van der Waals surface area contributed by atoms with Crippen molar-refractivity contribution in [2.24, 2.45) is 0 Å². The molecule has 0 amide bonds. The fourth-order valence-electron chi connectivity index (χ4n) is 2.34. The molecule has 0 radical (unpaired) electrons. The highest BCUT2D eigenvalue weighted by molar-refractivity contribution is 5.48. The van der Waals surface area contributed by atoms with Gasteiger partial charge >= 0.3 is 0 Å². The molecule has 0 aliphatic heterocycles. The van der Waals surface area contributed by atoms with Crippen molar-refractivity contribution >= 4 is 5.69 Å². The molecule has 0 aromatic heterocycles. The van der Waals surface area contributed by atoms with Gasteiger partial charge in [0.15, 0.2) is 6.61 Å². The molecule has 1 saturated carbocycles. The average Bonchev–Trinajstić information content (AvgIpc) is 3.37. The first-order chi connectivity index (χ1) is 10.3. The Morgan fingerprint density at radius 2 is 1.95 bits per heavy atom. The van der Waals surface area contributed by atoms with Gasteiger partial charge in [0.2, 0.25) is 0 Å². The lowest BCUT2D eigenvalue weighted by atomic mass is 10.1. The summed E-state index contributed by atoms with van der Waals surface area (Å²) in [5.74, 6) is 1.52. The van der Waals surface area contributed by atoms with Crippen molar-refractivity contribution in [2.75, 3.05) is 11.9 Å². The Morgan fingerprint density at radius 3 is 2.67 bits per heavy atom. The summed E-state index contributed by atoms with van der Waals surface area (Å²) in [6.45, 7) is 0.860. The summed E-state index contributed by atoms with van der Waals surface area (Å²) in [4.78, 5) is 0. The Labute approximate surface area is 125 Å². The smallest absolute Gasteiger partial charge is 0.174 e. The third kappa shape index (κ3) is 3.76. The second-order valence-corrected chi connectivity index (χ2v) is 5.34. The van der Waals surface area contributed by atoms with Crippen molar-refractivity contribution in [1.29, 1.82) is 5.26 Å². The lowest BCUT2D eigenvalue weighted by Crippen LogP contribution is -2.00. The summed E-state index contributed by atoms with van der Waals surface area (Å²) in [5.41, 5.74) is 3.73. The van der Waals surface area contributed by atoms with Gasteiger partial charge in [-0.05, 0) is 42.0 Å². The van der Waals surface area contributed by atoms with Crippen LogP contribution in [0, 0.1) is 11.3 Å². The van der Waals surface area contributed by atoms with Crippen LogP contribution in [0.4, 0.5) is 5.69 Å². The number of ether oxygens (including phenoxy) is 1. The van der Waals surface area contributed by atoms with Gasteiger partial charge in [-0.25, -0.2) is 0 Å². The van der Waals surface area contributed by atoms with Crippen LogP contribution >= 0.6 is 0 Å². The number of nitrogens with one attached hydrogen (secondary N) is 1. The molecular weight excluding hydrogens is 260 g/mol. The highest BCUT2D eigenvalue weighted by Crippen LogP contribution is 2.39. The van der Waals surface area contributed by atoms with Crippen LogP contribution in [0.5, 0.6) is 5.75 Å². The Balaban J connectivity index is 1.57. The van der Waals surface area contributed by atoms with Crippen LogP contribution in [-0.4, -0.2) is 6.61 Å². The number of anilines is 1. The molecule has 1 N–H and O–H groups in total. The van der Waals surface area contributed by atoms with Gasteiger partial charge in [-0.15, -0.1) is 0 Å². The van der Waals surface area contributed by atoms with Crippen LogP contribution in [0.25, 0.3) is 0 Å². The second kappa shape index (κ2) is 6.32. The molecule has 0 bridgehead atoms. The van der Waals surface area contributed by atoms with Gasteiger partial charge in [0, 0.05) is 18.3 Å². The Bertz CT molecular complexity index is 639. The van der Waals surface area contributed by atoms with Crippen molar-refractivity contribution in [2.45, 2.75) is 25.3 Å². The van der Waals surface area contributed by atoms with Gasteiger partial charge in [0.25, 0.3) is 0 Å². The first kappa shape index (κ1) is 13.5. The van der Waals surface area contributed by atoms with E-state index in [1.807, 2.05) is 30.3 Å². The minimum absolute atomic E-state index is 0.0755. The average molecular weight is 278 g/mol. The molecule has 0 atom stereocenters. The molecule has 106 valence electrons. The molecule has 3 rings (SSSR count). The van der Waals surface area contributed by atoms with E-state index in [1.54, 1.807) is 0 Å². The zero-order valence-electron chi connectivity index (χ0n) is 11.9. The van der Waals surface area contributed by atoms with E-state index in [2.05, 4.69) is 29.6 Å². The van der Waals surface area contributed by atoms with E-state index in [1.165, 1.54) is 24.0 Å². The fraction of sp³-hybridized carbons (Fsp3) is 0.278. The van der Waals surface area contributed by atoms with Crippen LogP contribution in [0.1, 0.15) is 29.9 Å². The molecule has 2 aromatic carbocycles. The predicted octanol–water partition coefficient (Wildman–Crippen LogP) is 4.08. The third-order valence-electron chi connectivity index (χ3n) is 3.66. The molecule has 0 unspecified atom stereocenters. The van der Waals surface area contributed by atoms with Gasteiger partial charge in [0.05, 0.1) is 0 Å². The first-order valence-electron chi connectivity index (χ1n) is 7.27. The number of hydrogen-bond acceptors (Lipinski definition) is 3. The van der Waals surface area contributed by atoms with E-state index in [4.69, 9.17) is 10.00 Å². The largest absolute Gasteiger partial charge is 0.479 e. The number of rotatable bonds is 6. The Hall–Kier alpha value is -2.47. The fourth-order valence-corrected chi connectivity index (χ4v) is 2.34. The van der Waals surface area contributed by atoms with Gasteiger partial charge < -0.3 is 10.1 Å². The van der Waals surface area contributed by atoms with Crippen LogP contribution in [0.3, 0.4) is 0 Å². The summed E-state index contributed by atoms with van der Waals surface area (Å²) < 4.78 is 5.30. The number of nitrogens with zero attached hydrogens (tertiary/aromatic N) is 1. The summed E-state index contributed by atoms with van der Waals surface area (Å²) in [5, 5.41) is 11.9. The minimum atomic E-state index is 0.0755. The summed E-state index contributed by atoms with van der Waals surface area (Å²) in [6.07, 6.45) is 2.68. The molecule has 0 saturated heterocycles. The topological polar surface area (TPSA) is 45.0 Å². The SMILES string of the molecule is N#CCOc1cccc(NCc2ccc(C3CC3)cc2)c1. The van der Waals surface area contributed by atoms with E-state index in [0.29, 0.717) is 5.75 Å². The minimum Gasteiger partial charge on any atom is -0.479 e. The van der Waals surface area contributed by atoms with Gasteiger partial charge in [-0.2, -0.15) is 5.26 Å². The molecule has 3 nitrogen and oxygen atoms in total. The quantitative estimate of drug-likeness (QED) is 0.866. The molecule has 1 aliphatic rings. The lowest BCUT2D eigenvalue weighted by molar-refractivity contribution is 0.368. The first-order valence-corrected chi connectivity index (χ1v) is 7.27. The highest BCUT2D eigenvalue weighted by Gasteiger charge is 2.22. The predicted molar refractivity (Wildman–Crippen MR) is 83.3 cm³/mol. The molecule has 3 heteroatoms. The number of nitriles is 1. The molecule has 1 aliphatic carbocycles. The van der Waals surface area contributed by atoms with Crippen LogP contribution in [-0.2, 0) is 6.54 Å². The maximum Gasteiger partial charge on any atom is 0.174 e. The van der Waals surface area contributed by atoms with Gasteiger partial charge in [-0.3, -0.25) is 0 Å². The van der Waals surface area contributed by atoms with Crippen molar-refractivity contribution in [3.8, 4) is 11.8 Å². The van der Waals surface area contributed by atoms with E-state index >= 15 is 0 Å². The Morgan fingerprint density at radius 1 is 1.14 bits per heavy atom. The second-order valence-electron chi connectivity index (χ2n) is 5.34. The van der Waals surface area contributed by atoms with Crippen LogP contribution in [0.15, 0.2) is 48.5 Å². The highest BCUT2D eigenvalue weighted by atomic mass is 16.5. The van der Waals surface area contributed by atoms with Crippen LogP contribution in [0.2, 0.25) is 0 Å². The molecule has 0 spiro atoms. The molecular formula is C18H18N2O. The zero-order valence-corrected chi connectivity index (χ0v) is 11.9. The van der Waals surface area contributed by atoms with E-state index in [0.717, 1.165) is 18.2 Å². The third-order valence-corrected chi connectivity index (χ3v) is 3.66. The molecule has 1 fully saturated rings. The lowest BCUT2D eigenvalue weighted by Gasteiger charge is -2.09. The van der Waals surface area contributed by atoms with Crippen molar-refractivity contribution in [3.63, 3.8) is 0 Å². The molecule has 0 heterocycles. The van der Waals surface area contributed by atoms with Crippen molar-refractivity contribution < 1.29 is 4.74 Å². The summed E-state index contributed by atoms with van der Waals surface area (Å²) in [7, 11) is 0. The van der Waals surface area contributed by atoms with E-state index in [9.17, 15) is 0 Å². The van der Waals surface area contributed by atoms with Crippen LogP contribution < -0.4 is 10.1 Å². The summed E-state index contributed by atoms with van der Waals surface area (Å²) in [6, 6.07) is 18.5. The van der Waals surface area contributed by atoms with Gasteiger partial charge in [-0.1, -0.05) is 30.3 Å². The standard InChI is InChI=1S/C18H18N2O/c19-10-11-21-18-3-1-2-17(12-18)20-13-14-4-6-15(7-5-14)16-8-9-16/h1-7,12,16,20H,8-9,11,13H2. The van der Waals surface area contributed by atoms with Crippen molar-refractivity contribution in [1.82, 2.24) is 0 Å². The maximum atomic E-state index is 8.52. The van der Waals surface area contributed by atoms with Crippen molar-refractivity contribution in [3.05, 3.63) is 59.7 Å². The number of hydrogen-bond donors (Lipinski definition) is 1. The van der Waals surface area contributed by atoms with E-state index < -0.39 is 0 Å². The van der Waals surface area contributed by atoms with Gasteiger partial charge in [0.1, 0.15) is 11.8 Å². The Kier molecular flexibility index (Phi) is 4.07. The number of benzene rings is 2. The zero-order chi connectivity index (χ0) is 14.5. The molecule has 2 aromatic rings. The maximum absolute atomic E-state index is 8.52. The molecule has 21 heavy (non-hydrogen) atoms. The van der Waals surface area contributed by atoms with E-state index in [-0.39, 0.29) is 6.61 Å². The summed E-state index contributed by atoms with van der Waals surface area (Å²) >= 11 is 0. The normalized spacial score (nSPS) is 13.5. The monoisotopic (exact) mass is 278 g/mol.